The summed E-state index contributed by atoms with van der Waals surface area (Å²) in [5.74, 6) is -0.380. The molecule has 0 radical (unpaired) electrons. The van der Waals surface area contributed by atoms with E-state index in [1.165, 1.54) is 10.9 Å². The minimum Gasteiger partial charge on any atom is -0.382 e. The van der Waals surface area contributed by atoms with Gasteiger partial charge in [-0.3, -0.25) is 9.48 Å². The SMILES string of the molecule is Cc1ccc2nc(C(F)(F)F)cc(N[C@H]3CCC[C@@H](NC(=O)c4cn(C)nc4C#N)C3)c2c1. The molecule has 2 heterocycles. The molecule has 33 heavy (non-hydrogen) atoms. The molecule has 7 nitrogen and oxygen atoms in total. The minimum atomic E-state index is -4.55. The van der Waals surface area contributed by atoms with Crippen molar-refractivity contribution in [2.24, 2.45) is 7.05 Å². The van der Waals surface area contributed by atoms with Crippen LogP contribution in [0.15, 0.2) is 30.5 Å². The minimum absolute atomic E-state index is 0.0544. The highest BCUT2D eigenvalue weighted by Gasteiger charge is 2.34. The average Bonchev–Trinajstić information content (AvgIpc) is 3.14. The van der Waals surface area contributed by atoms with Crippen molar-refractivity contribution in [1.82, 2.24) is 20.1 Å². The Labute approximate surface area is 188 Å². The fraction of sp³-hybridized carbons (Fsp3) is 0.391. The second kappa shape index (κ2) is 8.73. The van der Waals surface area contributed by atoms with Gasteiger partial charge in [-0.25, -0.2) is 4.98 Å². The zero-order chi connectivity index (χ0) is 23.8. The maximum absolute atomic E-state index is 13.4. The lowest BCUT2D eigenvalue weighted by Crippen LogP contribution is -2.42. The van der Waals surface area contributed by atoms with Gasteiger partial charge in [0.1, 0.15) is 11.8 Å². The molecule has 2 N–H and O–H groups in total. The molecule has 4 rings (SSSR count). The second-order valence-electron chi connectivity index (χ2n) is 8.43. The molecule has 1 aliphatic carbocycles. The molecule has 0 aliphatic heterocycles. The maximum atomic E-state index is 13.4. The Bertz CT molecular complexity index is 1240. The lowest BCUT2D eigenvalue weighted by molar-refractivity contribution is -0.140. The van der Waals surface area contributed by atoms with Gasteiger partial charge in [-0.15, -0.1) is 0 Å². The van der Waals surface area contributed by atoms with E-state index in [1.54, 1.807) is 19.2 Å². The number of carbonyl (C=O) groups excluding carboxylic acids is 1. The standard InChI is InChI=1S/C23H23F3N6O/c1-13-6-7-18-16(8-13)19(10-21(30-18)23(24,25)26)28-14-4-3-5-15(9-14)29-22(33)17-12-32(2)31-20(17)11-27/h6-8,10,12,14-15H,3-5,9H2,1-2H3,(H,28,30)(H,29,33)/t14-,15+/m0/s1. The van der Waals surface area contributed by atoms with Gasteiger partial charge in [0.25, 0.3) is 5.91 Å². The van der Waals surface area contributed by atoms with Crippen molar-refractivity contribution in [2.45, 2.75) is 50.9 Å². The smallest absolute Gasteiger partial charge is 0.382 e. The highest BCUT2D eigenvalue weighted by Crippen LogP contribution is 2.34. The molecule has 10 heteroatoms. The molecular formula is C23H23F3N6O. The normalized spacial score (nSPS) is 18.7. The number of fused-ring (bicyclic) bond motifs is 1. The van der Waals surface area contributed by atoms with Crippen LogP contribution in [0.4, 0.5) is 18.9 Å². The highest BCUT2D eigenvalue weighted by molar-refractivity contribution is 5.96. The number of carbonyl (C=O) groups is 1. The number of halogens is 3. The molecule has 1 amide bonds. The topological polar surface area (TPSA) is 95.6 Å². The number of hydrogen-bond acceptors (Lipinski definition) is 5. The number of aromatic nitrogens is 3. The predicted octanol–water partition coefficient (Wildman–Crippen LogP) is 4.32. The van der Waals surface area contributed by atoms with E-state index >= 15 is 0 Å². The third kappa shape index (κ3) is 4.92. The summed E-state index contributed by atoms with van der Waals surface area (Å²) >= 11 is 0. The largest absolute Gasteiger partial charge is 0.433 e. The number of benzene rings is 1. The molecule has 0 saturated heterocycles. The van der Waals surface area contributed by atoms with Crippen LogP contribution in [0, 0.1) is 18.3 Å². The van der Waals surface area contributed by atoms with Crippen LogP contribution in [0.1, 0.15) is 53.0 Å². The van der Waals surface area contributed by atoms with Crippen LogP contribution in [-0.4, -0.2) is 32.8 Å². The first-order valence-corrected chi connectivity index (χ1v) is 10.6. The molecule has 0 spiro atoms. The van der Waals surface area contributed by atoms with Gasteiger partial charge in [0.15, 0.2) is 5.69 Å². The van der Waals surface area contributed by atoms with Crippen LogP contribution >= 0.6 is 0 Å². The summed E-state index contributed by atoms with van der Waals surface area (Å²) in [4.78, 5) is 16.5. The number of rotatable bonds is 4. The summed E-state index contributed by atoms with van der Waals surface area (Å²) < 4.78 is 41.7. The molecule has 0 bridgehead atoms. The number of aryl methyl sites for hydroxylation is 2. The van der Waals surface area contributed by atoms with Crippen molar-refractivity contribution in [3.8, 4) is 6.07 Å². The predicted molar refractivity (Wildman–Crippen MR) is 117 cm³/mol. The number of anilines is 1. The van der Waals surface area contributed by atoms with E-state index in [9.17, 15) is 23.2 Å². The van der Waals surface area contributed by atoms with Gasteiger partial charge in [-0.2, -0.15) is 23.5 Å². The first-order chi connectivity index (χ1) is 15.6. The van der Waals surface area contributed by atoms with Gasteiger partial charge in [0.2, 0.25) is 0 Å². The van der Waals surface area contributed by atoms with Gasteiger partial charge in [0.05, 0.1) is 11.1 Å². The van der Waals surface area contributed by atoms with E-state index < -0.39 is 11.9 Å². The van der Waals surface area contributed by atoms with E-state index in [1.807, 2.05) is 19.1 Å². The maximum Gasteiger partial charge on any atom is 0.433 e. The van der Waals surface area contributed by atoms with E-state index in [0.29, 0.717) is 17.5 Å². The van der Waals surface area contributed by atoms with E-state index in [-0.39, 0.29) is 34.8 Å². The third-order valence-corrected chi connectivity index (χ3v) is 5.80. The number of alkyl halides is 3. The third-order valence-electron chi connectivity index (χ3n) is 5.80. The Morgan fingerprint density at radius 1 is 1.24 bits per heavy atom. The number of nitriles is 1. The summed E-state index contributed by atoms with van der Waals surface area (Å²) in [5, 5.41) is 20.0. The van der Waals surface area contributed by atoms with Gasteiger partial charge >= 0.3 is 6.18 Å². The fourth-order valence-electron chi connectivity index (χ4n) is 4.28. The summed E-state index contributed by atoms with van der Waals surface area (Å²) in [6, 6.07) is 7.81. The van der Waals surface area contributed by atoms with Crippen molar-refractivity contribution in [2.75, 3.05) is 5.32 Å². The monoisotopic (exact) mass is 456 g/mol. The summed E-state index contributed by atoms with van der Waals surface area (Å²) in [7, 11) is 1.63. The van der Waals surface area contributed by atoms with Crippen LogP contribution in [0.25, 0.3) is 10.9 Å². The molecule has 1 fully saturated rings. The van der Waals surface area contributed by atoms with Gasteiger partial charge in [-0.1, -0.05) is 11.6 Å². The number of hydrogen-bond donors (Lipinski definition) is 2. The molecule has 2 aromatic heterocycles. The molecule has 0 unspecified atom stereocenters. The number of amides is 1. The highest BCUT2D eigenvalue weighted by atomic mass is 19.4. The molecule has 1 aliphatic rings. The van der Waals surface area contributed by atoms with Crippen molar-refractivity contribution >= 4 is 22.5 Å². The molecule has 2 atom stereocenters. The first-order valence-electron chi connectivity index (χ1n) is 10.6. The van der Waals surface area contributed by atoms with Crippen LogP contribution in [-0.2, 0) is 13.2 Å². The van der Waals surface area contributed by atoms with Gasteiger partial charge < -0.3 is 10.6 Å². The zero-order valence-electron chi connectivity index (χ0n) is 18.2. The fourth-order valence-corrected chi connectivity index (χ4v) is 4.28. The van der Waals surface area contributed by atoms with Gasteiger partial charge in [-0.05, 0) is 50.8 Å². The Morgan fingerprint density at radius 2 is 2.00 bits per heavy atom. The summed E-state index contributed by atoms with van der Waals surface area (Å²) in [6.45, 7) is 1.88. The van der Waals surface area contributed by atoms with E-state index in [4.69, 9.17) is 0 Å². The molecular weight excluding hydrogens is 433 g/mol. The Hall–Kier alpha value is -3.61. The van der Waals surface area contributed by atoms with Gasteiger partial charge in [0, 0.05) is 36.4 Å². The quantitative estimate of drug-likeness (QED) is 0.610. The number of nitrogens with zero attached hydrogens (tertiary/aromatic N) is 4. The van der Waals surface area contributed by atoms with Crippen LogP contribution < -0.4 is 10.6 Å². The lowest BCUT2D eigenvalue weighted by Gasteiger charge is -2.31. The number of pyridine rings is 1. The Kier molecular flexibility index (Phi) is 5.97. The number of nitrogens with one attached hydrogen (secondary N) is 2. The van der Waals surface area contributed by atoms with Crippen LogP contribution in [0.5, 0.6) is 0 Å². The Morgan fingerprint density at radius 3 is 2.73 bits per heavy atom. The van der Waals surface area contributed by atoms with E-state index in [2.05, 4.69) is 20.7 Å². The Balaban J connectivity index is 1.54. The summed E-state index contributed by atoms with van der Waals surface area (Å²) in [6.07, 6.45) is -0.202. The van der Waals surface area contributed by atoms with Crippen LogP contribution in [0.2, 0.25) is 0 Å². The zero-order valence-corrected chi connectivity index (χ0v) is 18.2. The van der Waals surface area contributed by atoms with Crippen molar-refractivity contribution in [3.05, 3.63) is 53.0 Å². The average molecular weight is 456 g/mol. The lowest BCUT2D eigenvalue weighted by atomic mass is 9.90. The van der Waals surface area contributed by atoms with E-state index in [0.717, 1.165) is 30.9 Å². The second-order valence-corrected chi connectivity index (χ2v) is 8.43. The molecule has 1 saturated carbocycles. The first kappa shape index (κ1) is 22.6. The summed E-state index contributed by atoms with van der Waals surface area (Å²) in [5.41, 5.74) is 0.902. The molecule has 3 aromatic rings. The van der Waals surface area contributed by atoms with Crippen molar-refractivity contribution in [1.29, 1.82) is 5.26 Å². The van der Waals surface area contributed by atoms with Crippen LogP contribution in [0.3, 0.4) is 0 Å². The molecule has 1 aromatic carbocycles. The van der Waals surface area contributed by atoms with Crippen molar-refractivity contribution < 1.29 is 18.0 Å². The molecule has 172 valence electrons. The van der Waals surface area contributed by atoms with Crippen molar-refractivity contribution in [3.63, 3.8) is 0 Å².